The van der Waals surface area contributed by atoms with Gasteiger partial charge in [-0.1, -0.05) is 25.5 Å². The van der Waals surface area contributed by atoms with E-state index in [4.69, 9.17) is 4.74 Å². The molecule has 0 aliphatic carbocycles. The van der Waals surface area contributed by atoms with Gasteiger partial charge in [0.15, 0.2) is 5.96 Å². The van der Waals surface area contributed by atoms with Crippen LogP contribution in [0, 0.1) is 11.8 Å². The Morgan fingerprint density at radius 1 is 1.16 bits per heavy atom. The number of hydrogen-bond acceptors (Lipinski definition) is 5. The molecule has 0 bridgehead atoms. The Hall–Kier alpha value is -1.40. The molecule has 10 heteroatoms. The number of ether oxygens (including phenoxy) is 1. The van der Waals surface area contributed by atoms with E-state index >= 15 is 0 Å². The van der Waals surface area contributed by atoms with Gasteiger partial charge in [-0.15, -0.1) is 24.0 Å². The van der Waals surface area contributed by atoms with E-state index < -0.39 is 10.0 Å². The lowest BCUT2D eigenvalue weighted by Crippen LogP contribution is -2.40. The molecule has 1 aromatic rings. The van der Waals surface area contributed by atoms with Crippen LogP contribution in [-0.4, -0.2) is 69.9 Å². The van der Waals surface area contributed by atoms with Crippen molar-refractivity contribution in [2.24, 2.45) is 16.8 Å². The molecule has 1 aromatic carbocycles. The molecule has 2 aliphatic rings. The monoisotopic (exact) mass is 564 g/mol. The number of nitrogens with zero attached hydrogens (tertiary/aromatic N) is 3. The van der Waals surface area contributed by atoms with Gasteiger partial charge in [-0.25, -0.2) is 8.42 Å². The van der Waals surface area contributed by atoms with Crippen molar-refractivity contribution in [3.63, 3.8) is 0 Å². The number of carbonyl (C=O) groups is 1. The molecule has 2 atom stereocenters. The number of hydrogen-bond donors (Lipinski definition) is 1. The summed E-state index contributed by atoms with van der Waals surface area (Å²) >= 11 is 0. The van der Waals surface area contributed by atoms with Gasteiger partial charge in [-0.2, -0.15) is 4.31 Å². The first-order chi connectivity index (χ1) is 14.4. The second-order valence-corrected chi connectivity index (χ2v) is 9.96. The van der Waals surface area contributed by atoms with Gasteiger partial charge in [0.1, 0.15) is 0 Å². The zero-order valence-corrected chi connectivity index (χ0v) is 21.6. The molecule has 0 amide bonds. The molecule has 31 heavy (non-hydrogen) atoms. The minimum atomic E-state index is -3.41. The van der Waals surface area contributed by atoms with Gasteiger partial charge < -0.3 is 15.0 Å². The van der Waals surface area contributed by atoms with Gasteiger partial charge in [0, 0.05) is 39.8 Å². The van der Waals surface area contributed by atoms with Crippen molar-refractivity contribution in [2.45, 2.75) is 37.6 Å². The number of guanidine groups is 1. The highest BCUT2D eigenvalue weighted by atomic mass is 127. The summed E-state index contributed by atoms with van der Waals surface area (Å²) in [6, 6.07) is 7.02. The molecule has 2 heterocycles. The Labute approximate surface area is 202 Å². The highest BCUT2D eigenvalue weighted by Gasteiger charge is 2.36. The van der Waals surface area contributed by atoms with Crippen molar-refractivity contribution in [1.82, 2.24) is 14.5 Å². The highest BCUT2D eigenvalue weighted by Crippen LogP contribution is 2.24. The smallest absolute Gasteiger partial charge is 0.310 e. The standard InChI is InChI=1S/C21H32N4O4S.HI/c1-16-14-24(15-19(16)20(26)29-3)21(22-2)23-13-17-7-9-18(10-8-17)30(27,28)25-11-5-4-6-12-25;/h7-10,16,19H,4-6,11-15H2,1-3H3,(H,22,23);1H. The normalized spacial score (nSPS) is 22.7. The molecule has 2 saturated heterocycles. The lowest BCUT2D eigenvalue weighted by Gasteiger charge is -2.26. The van der Waals surface area contributed by atoms with Crippen molar-refractivity contribution >= 4 is 45.9 Å². The number of halogens is 1. The fourth-order valence-electron chi connectivity index (χ4n) is 4.14. The predicted molar refractivity (Wildman–Crippen MR) is 131 cm³/mol. The number of benzene rings is 1. The average molecular weight is 564 g/mol. The van der Waals surface area contributed by atoms with Crippen LogP contribution in [0.25, 0.3) is 0 Å². The number of likely N-dealkylation sites (tertiary alicyclic amines) is 1. The number of methoxy groups -OCH3 is 1. The summed E-state index contributed by atoms with van der Waals surface area (Å²) in [5.41, 5.74) is 0.963. The lowest BCUT2D eigenvalue weighted by molar-refractivity contribution is -0.145. The summed E-state index contributed by atoms with van der Waals surface area (Å²) in [4.78, 5) is 18.7. The van der Waals surface area contributed by atoms with Crippen LogP contribution in [0.15, 0.2) is 34.2 Å². The largest absolute Gasteiger partial charge is 0.469 e. The Bertz CT molecular complexity index is 870. The number of piperidine rings is 1. The third-order valence-electron chi connectivity index (χ3n) is 5.95. The molecule has 0 aromatic heterocycles. The average Bonchev–Trinajstić information content (AvgIpc) is 3.16. The first kappa shape index (κ1) is 25.9. The van der Waals surface area contributed by atoms with Crippen LogP contribution >= 0.6 is 24.0 Å². The van der Waals surface area contributed by atoms with Crippen LogP contribution in [0.2, 0.25) is 0 Å². The lowest BCUT2D eigenvalue weighted by atomic mass is 9.99. The van der Waals surface area contributed by atoms with Gasteiger partial charge in [0.05, 0.1) is 17.9 Å². The molecule has 0 saturated carbocycles. The molecule has 1 N–H and O–H groups in total. The fraction of sp³-hybridized carbons (Fsp3) is 0.619. The number of aliphatic imine (C=N–C) groups is 1. The zero-order valence-electron chi connectivity index (χ0n) is 18.4. The molecule has 2 aliphatic heterocycles. The number of rotatable bonds is 5. The van der Waals surface area contributed by atoms with Crippen LogP contribution in [0.4, 0.5) is 0 Å². The van der Waals surface area contributed by atoms with Gasteiger partial charge in [-0.3, -0.25) is 9.79 Å². The second-order valence-electron chi connectivity index (χ2n) is 8.02. The van der Waals surface area contributed by atoms with E-state index in [0.717, 1.165) is 37.3 Å². The van der Waals surface area contributed by atoms with E-state index in [1.54, 1.807) is 23.5 Å². The van der Waals surface area contributed by atoms with Crippen LogP contribution in [0.3, 0.4) is 0 Å². The minimum absolute atomic E-state index is 0. The van der Waals surface area contributed by atoms with Crippen molar-refractivity contribution in [3.8, 4) is 0 Å². The molecule has 8 nitrogen and oxygen atoms in total. The van der Waals surface area contributed by atoms with Crippen molar-refractivity contribution in [3.05, 3.63) is 29.8 Å². The van der Waals surface area contributed by atoms with Crippen LogP contribution in [0.1, 0.15) is 31.7 Å². The maximum Gasteiger partial charge on any atom is 0.310 e. The molecule has 0 spiro atoms. The SMILES string of the molecule is CN=C(NCc1ccc(S(=O)(=O)N2CCCCC2)cc1)N1CC(C)C(C(=O)OC)C1.I. The van der Waals surface area contributed by atoms with Crippen molar-refractivity contribution in [1.29, 1.82) is 0 Å². The van der Waals surface area contributed by atoms with Gasteiger partial charge >= 0.3 is 5.97 Å². The molecular formula is C21H33IN4O4S. The Kier molecular flexibility index (Phi) is 9.56. The van der Waals surface area contributed by atoms with Gasteiger partial charge in [-0.05, 0) is 36.5 Å². The molecular weight excluding hydrogens is 531 g/mol. The molecule has 0 radical (unpaired) electrons. The summed E-state index contributed by atoms with van der Waals surface area (Å²) < 4.78 is 32.0. The van der Waals surface area contributed by atoms with E-state index in [0.29, 0.717) is 31.1 Å². The van der Waals surface area contributed by atoms with E-state index in [1.165, 1.54) is 7.11 Å². The number of sulfonamides is 1. The Morgan fingerprint density at radius 2 is 1.81 bits per heavy atom. The first-order valence-corrected chi connectivity index (χ1v) is 11.9. The molecule has 174 valence electrons. The third kappa shape index (κ3) is 6.10. The Morgan fingerprint density at radius 3 is 2.39 bits per heavy atom. The fourth-order valence-corrected chi connectivity index (χ4v) is 5.66. The van der Waals surface area contributed by atoms with E-state index in [1.807, 2.05) is 19.1 Å². The maximum absolute atomic E-state index is 12.8. The third-order valence-corrected chi connectivity index (χ3v) is 7.87. The van der Waals surface area contributed by atoms with E-state index in [9.17, 15) is 13.2 Å². The molecule has 2 unspecified atom stereocenters. The van der Waals surface area contributed by atoms with Crippen molar-refractivity contribution in [2.75, 3.05) is 40.3 Å². The van der Waals surface area contributed by atoms with Crippen LogP contribution in [-0.2, 0) is 26.1 Å². The Balaban J connectivity index is 0.00000341. The summed E-state index contributed by atoms with van der Waals surface area (Å²) in [7, 11) is -0.282. The summed E-state index contributed by atoms with van der Waals surface area (Å²) in [5.74, 6) is 0.562. The molecule has 2 fully saturated rings. The van der Waals surface area contributed by atoms with Crippen molar-refractivity contribution < 1.29 is 17.9 Å². The highest BCUT2D eigenvalue weighted by molar-refractivity contribution is 14.0. The van der Waals surface area contributed by atoms with Gasteiger partial charge in [0.2, 0.25) is 10.0 Å². The summed E-state index contributed by atoms with van der Waals surface area (Å²) in [6.07, 6.45) is 2.94. The predicted octanol–water partition coefficient (Wildman–Crippen LogP) is 2.30. The van der Waals surface area contributed by atoms with Gasteiger partial charge in [0.25, 0.3) is 0 Å². The summed E-state index contributed by atoms with van der Waals surface area (Å²) in [6.45, 7) is 5.05. The zero-order chi connectivity index (χ0) is 21.7. The maximum atomic E-state index is 12.8. The first-order valence-electron chi connectivity index (χ1n) is 10.5. The van der Waals surface area contributed by atoms with E-state index in [-0.39, 0.29) is 41.8 Å². The molecule has 3 rings (SSSR count). The number of carbonyl (C=O) groups excluding carboxylic acids is 1. The van der Waals surface area contributed by atoms with Crippen LogP contribution in [0.5, 0.6) is 0 Å². The van der Waals surface area contributed by atoms with E-state index in [2.05, 4.69) is 15.2 Å². The topological polar surface area (TPSA) is 91.3 Å². The number of esters is 1. The second kappa shape index (κ2) is 11.5. The van der Waals surface area contributed by atoms with Crippen LogP contribution < -0.4 is 5.32 Å². The quantitative estimate of drug-likeness (QED) is 0.256. The number of nitrogens with one attached hydrogen (secondary N) is 1. The minimum Gasteiger partial charge on any atom is -0.469 e. The summed E-state index contributed by atoms with van der Waals surface area (Å²) in [5, 5.41) is 3.31.